The molecule has 2 aliphatic rings. The molecule has 1 aromatic rings. The zero-order valence-corrected chi connectivity index (χ0v) is 15.7. The highest BCUT2D eigenvalue weighted by Crippen LogP contribution is 2.52. The molecule has 0 aromatic heterocycles. The standard InChI is InChI=1S/C20H31NO3/c1-12(2)16-14-7-10-20(8-6-9-20)24-19(14)15(11-21-23-5)17(13(3)4)18(16)22/h12-13,21-22H,6-11H2,1-5H3. The SMILES string of the molecule is CONCc1c2c(c(C(C)C)c(O)c1C(C)C)CCC1(CCC1)O2. The number of ether oxygens (including phenoxy) is 1. The molecule has 1 spiro atoms. The van der Waals surface area contributed by atoms with Crippen LogP contribution in [0.3, 0.4) is 0 Å². The first-order chi connectivity index (χ1) is 11.4. The lowest BCUT2D eigenvalue weighted by atomic mass is 9.72. The fourth-order valence-corrected chi connectivity index (χ4v) is 4.34. The van der Waals surface area contributed by atoms with Crippen LogP contribution in [-0.2, 0) is 17.8 Å². The average Bonchev–Trinajstić information content (AvgIpc) is 2.49. The molecule has 0 amide bonds. The summed E-state index contributed by atoms with van der Waals surface area (Å²) >= 11 is 0. The maximum absolute atomic E-state index is 11.0. The number of hydroxylamine groups is 1. The van der Waals surface area contributed by atoms with Gasteiger partial charge in [-0.15, -0.1) is 0 Å². The van der Waals surface area contributed by atoms with Gasteiger partial charge in [0.25, 0.3) is 0 Å². The van der Waals surface area contributed by atoms with Crippen LogP contribution in [0, 0.1) is 0 Å². The van der Waals surface area contributed by atoms with E-state index in [-0.39, 0.29) is 17.4 Å². The van der Waals surface area contributed by atoms with Crippen molar-refractivity contribution in [2.45, 2.75) is 83.8 Å². The second-order valence-electron chi connectivity index (χ2n) is 7.94. The third kappa shape index (κ3) is 2.80. The predicted molar refractivity (Wildman–Crippen MR) is 95.7 cm³/mol. The van der Waals surface area contributed by atoms with Crippen LogP contribution in [-0.4, -0.2) is 17.8 Å². The van der Waals surface area contributed by atoms with Crippen LogP contribution in [0.15, 0.2) is 0 Å². The number of nitrogens with one attached hydrogen (secondary N) is 1. The van der Waals surface area contributed by atoms with Gasteiger partial charge in [-0.3, -0.25) is 0 Å². The summed E-state index contributed by atoms with van der Waals surface area (Å²) < 4.78 is 6.61. The summed E-state index contributed by atoms with van der Waals surface area (Å²) in [7, 11) is 1.62. The molecule has 3 rings (SSSR count). The van der Waals surface area contributed by atoms with E-state index in [2.05, 4.69) is 33.2 Å². The van der Waals surface area contributed by atoms with Crippen molar-refractivity contribution in [3.8, 4) is 11.5 Å². The van der Waals surface area contributed by atoms with Gasteiger partial charge in [0, 0.05) is 22.3 Å². The predicted octanol–water partition coefficient (Wildman–Crippen LogP) is 4.54. The second kappa shape index (κ2) is 6.57. The molecule has 0 unspecified atom stereocenters. The number of benzene rings is 1. The molecule has 1 fully saturated rings. The van der Waals surface area contributed by atoms with Crippen molar-refractivity contribution in [3.05, 3.63) is 22.3 Å². The van der Waals surface area contributed by atoms with E-state index in [1.165, 1.54) is 12.0 Å². The van der Waals surface area contributed by atoms with E-state index < -0.39 is 0 Å². The summed E-state index contributed by atoms with van der Waals surface area (Å²) in [4.78, 5) is 5.09. The molecule has 134 valence electrons. The van der Waals surface area contributed by atoms with Gasteiger partial charge in [-0.05, 0) is 43.9 Å². The lowest BCUT2D eigenvalue weighted by Gasteiger charge is -2.47. The van der Waals surface area contributed by atoms with Crippen molar-refractivity contribution in [1.29, 1.82) is 0 Å². The molecule has 1 saturated carbocycles. The molecule has 1 aromatic carbocycles. The fraction of sp³-hybridized carbons (Fsp3) is 0.700. The van der Waals surface area contributed by atoms with E-state index in [1.54, 1.807) is 7.11 Å². The summed E-state index contributed by atoms with van der Waals surface area (Å²) in [5.41, 5.74) is 7.34. The van der Waals surface area contributed by atoms with Gasteiger partial charge in [0.1, 0.15) is 17.1 Å². The summed E-state index contributed by atoms with van der Waals surface area (Å²) in [6, 6.07) is 0. The maximum atomic E-state index is 11.0. The minimum atomic E-state index is 0.0360. The van der Waals surface area contributed by atoms with Gasteiger partial charge in [0.2, 0.25) is 0 Å². The van der Waals surface area contributed by atoms with E-state index in [9.17, 15) is 5.11 Å². The Labute approximate surface area is 145 Å². The van der Waals surface area contributed by atoms with E-state index in [1.807, 2.05) is 0 Å². The van der Waals surface area contributed by atoms with Gasteiger partial charge in [-0.25, -0.2) is 0 Å². The number of rotatable bonds is 5. The Morgan fingerprint density at radius 3 is 2.29 bits per heavy atom. The van der Waals surface area contributed by atoms with Crippen molar-refractivity contribution < 1.29 is 14.7 Å². The summed E-state index contributed by atoms with van der Waals surface area (Å²) in [6.45, 7) is 9.11. The van der Waals surface area contributed by atoms with Crippen LogP contribution in [0.2, 0.25) is 0 Å². The van der Waals surface area contributed by atoms with Gasteiger partial charge < -0.3 is 14.7 Å². The van der Waals surface area contributed by atoms with Crippen LogP contribution in [0.1, 0.15) is 87.5 Å². The highest BCUT2D eigenvalue weighted by Gasteiger charge is 2.44. The molecular formula is C20H31NO3. The summed E-state index contributed by atoms with van der Waals surface area (Å²) in [5.74, 6) is 1.97. The average molecular weight is 333 g/mol. The Balaban J connectivity index is 2.20. The second-order valence-corrected chi connectivity index (χ2v) is 7.94. The molecular weight excluding hydrogens is 302 g/mol. The normalized spacial score (nSPS) is 18.6. The van der Waals surface area contributed by atoms with E-state index in [4.69, 9.17) is 9.57 Å². The maximum Gasteiger partial charge on any atom is 0.128 e. The molecule has 1 heterocycles. The Bertz CT molecular complexity index is 618. The molecule has 4 nitrogen and oxygen atoms in total. The largest absolute Gasteiger partial charge is 0.507 e. The number of phenolic OH excluding ortho intramolecular Hbond substituents is 1. The summed E-state index contributed by atoms with van der Waals surface area (Å²) in [6.07, 6.45) is 5.62. The topological polar surface area (TPSA) is 50.7 Å². The molecule has 1 aliphatic heterocycles. The quantitative estimate of drug-likeness (QED) is 0.777. The number of hydrogen-bond donors (Lipinski definition) is 2. The minimum Gasteiger partial charge on any atom is -0.507 e. The number of hydrogen-bond acceptors (Lipinski definition) is 4. The van der Waals surface area contributed by atoms with Crippen LogP contribution in [0.5, 0.6) is 11.5 Å². The van der Waals surface area contributed by atoms with Crippen LogP contribution in [0.4, 0.5) is 0 Å². The van der Waals surface area contributed by atoms with Crippen LogP contribution in [0.25, 0.3) is 0 Å². The van der Waals surface area contributed by atoms with Crippen molar-refractivity contribution >= 4 is 0 Å². The van der Waals surface area contributed by atoms with Gasteiger partial charge in [0.05, 0.1) is 13.7 Å². The molecule has 2 N–H and O–H groups in total. The zero-order chi connectivity index (χ0) is 17.5. The first-order valence-electron chi connectivity index (χ1n) is 9.25. The highest BCUT2D eigenvalue weighted by atomic mass is 16.6. The molecule has 0 bridgehead atoms. The number of aromatic hydroxyl groups is 1. The fourth-order valence-electron chi connectivity index (χ4n) is 4.34. The van der Waals surface area contributed by atoms with Crippen molar-refractivity contribution in [1.82, 2.24) is 5.48 Å². The molecule has 24 heavy (non-hydrogen) atoms. The van der Waals surface area contributed by atoms with Gasteiger partial charge in [-0.1, -0.05) is 27.7 Å². The van der Waals surface area contributed by atoms with E-state index in [0.29, 0.717) is 12.3 Å². The Morgan fingerprint density at radius 1 is 1.12 bits per heavy atom. The van der Waals surface area contributed by atoms with Crippen LogP contribution >= 0.6 is 0 Å². The third-order valence-corrected chi connectivity index (χ3v) is 5.67. The van der Waals surface area contributed by atoms with Gasteiger partial charge >= 0.3 is 0 Å². The third-order valence-electron chi connectivity index (χ3n) is 5.67. The number of phenols is 1. The molecule has 4 heteroatoms. The lowest BCUT2D eigenvalue weighted by Crippen LogP contribution is -2.46. The lowest BCUT2D eigenvalue weighted by molar-refractivity contribution is -0.0269. The van der Waals surface area contributed by atoms with Gasteiger partial charge in [0.15, 0.2) is 0 Å². The van der Waals surface area contributed by atoms with Crippen molar-refractivity contribution in [3.63, 3.8) is 0 Å². The van der Waals surface area contributed by atoms with E-state index in [0.717, 1.165) is 48.1 Å². The first-order valence-corrected chi connectivity index (χ1v) is 9.25. The Morgan fingerprint density at radius 2 is 1.79 bits per heavy atom. The zero-order valence-electron chi connectivity index (χ0n) is 15.7. The Kier molecular flexibility index (Phi) is 4.80. The molecule has 1 aliphatic carbocycles. The number of fused-ring (bicyclic) bond motifs is 1. The highest BCUT2D eigenvalue weighted by molar-refractivity contribution is 5.61. The molecule has 0 saturated heterocycles. The Hall–Kier alpha value is -1.26. The van der Waals surface area contributed by atoms with E-state index >= 15 is 0 Å². The minimum absolute atomic E-state index is 0.0360. The summed E-state index contributed by atoms with van der Waals surface area (Å²) in [5, 5.41) is 11.0. The smallest absolute Gasteiger partial charge is 0.128 e. The van der Waals surface area contributed by atoms with Crippen LogP contribution < -0.4 is 10.2 Å². The van der Waals surface area contributed by atoms with Crippen molar-refractivity contribution in [2.75, 3.05) is 7.11 Å². The first kappa shape index (κ1) is 17.6. The molecule has 0 atom stereocenters. The van der Waals surface area contributed by atoms with Gasteiger partial charge in [-0.2, -0.15) is 5.48 Å². The van der Waals surface area contributed by atoms with Crippen molar-refractivity contribution in [2.24, 2.45) is 0 Å². The monoisotopic (exact) mass is 333 g/mol. The molecule has 0 radical (unpaired) electrons.